The molecule has 0 spiro atoms. The fraction of sp³-hybridized carbons (Fsp3) is 0.400. The summed E-state index contributed by atoms with van der Waals surface area (Å²) in [6.45, 7) is 0.264. The van der Waals surface area contributed by atoms with E-state index in [1.54, 1.807) is 13.2 Å². The van der Waals surface area contributed by atoms with Gasteiger partial charge in [0.1, 0.15) is 36.3 Å². The number of benzene rings is 2. The lowest BCUT2D eigenvalue weighted by molar-refractivity contribution is -0.330. The van der Waals surface area contributed by atoms with Crippen molar-refractivity contribution in [3.8, 4) is 5.75 Å². The van der Waals surface area contributed by atoms with Crippen LogP contribution in [0.1, 0.15) is 23.5 Å². The van der Waals surface area contributed by atoms with E-state index < -0.39 is 36.8 Å². The third-order valence-corrected chi connectivity index (χ3v) is 4.89. The molecule has 0 aromatic heterocycles. The van der Waals surface area contributed by atoms with E-state index in [1.165, 1.54) is 0 Å². The quantitative estimate of drug-likeness (QED) is 0.874. The summed E-state index contributed by atoms with van der Waals surface area (Å²) in [6.07, 6.45) is -4.70. The first-order chi connectivity index (χ1) is 12.7. The summed E-state index contributed by atoms with van der Waals surface area (Å²) in [6, 6.07) is 16.8. The van der Waals surface area contributed by atoms with E-state index in [-0.39, 0.29) is 6.61 Å². The van der Waals surface area contributed by atoms with Crippen LogP contribution in [0.5, 0.6) is 5.75 Å². The van der Waals surface area contributed by atoms with Gasteiger partial charge >= 0.3 is 0 Å². The second kappa shape index (κ2) is 7.34. The van der Waals surface area contributed by atoms with Crippen molar-refractivity contribution in [1.82, 2.24) is 0 Å². The van der Waals surface area contributed by atoms with E-state index in [2.05, 4.69) is 0 Å². The molecule has 2 N–H and O–H groups in total. The maximum atomic E-state index is 10.7. The van der Waals surface area contributed by atoms with Crippen LogP contribution in [0.3, 0.4) is 0 Å². The molecule has 2 saturated heterocycles. The van der Waals surface area contributed by atoms with Gasteiger partial charge in [-0.2, -0.15) is 0 Å². The number of aliphatic hydroxyl groups is 2. The molecule has 4 rings (SSSR count). The molecule has 2 fully saturated rings. The molecule has 2 aliphatic heterocycles. The highest BCUT2D eigenvalue weighted by Gasteiger charge is 2.49. The van der Waals surface area contributed by atoms with Gasteiger partial charge in [-0.3, -0.25) is 0 Å². The molecule has 0 saturated carbocycles. The van der Waals surface area contributed by atoms with E-state index in [9.17, 15) is 10.2 Å². The third-order valence-electron chi connectivity index (χ3n) is 4.89. The molecule has 26 heavy (non-hydrogen) atoms. The van der Waals surface area contributed by atoms with Crippen LogP contribution in [-0.2, 0) is 14.2 Å². The Morgan fingerprint density at radius 1 is 0.923 bits per heavy atom. The lowest BCUT2D eigenvalue weighted by Gasteiger charge is -2.46. The summed E-state index contributed by atoms with van der Waals surface area (Å²) >= 11 is 0. The van der Waals surface area contributed by atoms with Crippen molar-refractivity contribution in [3.63, 3.8) is 0 Å². The third kappa shape index (κ3) is 3.11. The normalized spacial score (nSPS) is 34.1. The van der Waals surface area contributed by atoms with Crippen LogP contribution in [0.4, 0.5) is 0 Å². The molecular formula is C20H22O6. The zero-order valence-corrected chi connectivity index (χ0v) is 14.4. The molecule has 0 bridgehead atoms. The van der Waals surface area contributed by atoms with Crippen LogP contribution in [0, 0.1) is 0 Å². The van der Waals surface area contributed by atoms with Crippen LogP contribution in [0.2, 0.25) is 0 Å². The molecule has 6 nitrogen and oxygen atoms in total. The molecule has 2 aromatic carbocycles. The smallest absolute Gasteiger partial charge is 0.184 e. The predicted octanol–water partition coefficient (Wildman–Crippen LogP) is 1.97. The lowest BCUT2D eigenvalue weighted by Crippen LogP contribution is -2.59. The summed E-state index contributed by atoms with van der Waals surface area (Å²) in [5.41, 5.74) is 1.55. The van der Waals surface area contributed by atoms with E-state index in [0.717, 1.165) is 5.56 Å². The van der Waals surface area contributed by atoms with Crippen LogP contribution < -0.4 is 4.74 Å². The zero-order valence-electron chi connectivity index (χ0n) is 14.4. The number of rotatable bonds is 3. The Labute approximate surface area is 151 Å². The minimum Gasteiger partial charge on any atom is -0.496 e. The topological polar surface area (TPSA) is 77.4 Å². The van der Waals surface area contributed by atoms with Crippen molar-refractivity contribution in [2.24, 2.45) is 0 Å². The minimum absolute atomic E-state index is 0.264. The van der Waals surface area contributed by atoms with Gasteiger partial charge in [0.25, 0.3) is 0 Å². The van der Waals surface area contributed by atoms with E-state index >= 15 is 0 Å². The van der Waals surface area contributed by atoms with Gasteiger partial charge in [0, 0.05) is 11.1 Å². The summed E-state index contributed by atoms with van der Waals surface area (Å²) in [4.78, 5) is 0. The van der Waals surface area contributed by atoms with Crippen molar-refractivity contribution in [2.75, 3.05) is 13.7 Å². The highest BCUT2D eigenvalue weighted by molar-refractivity contribution is 5.36. The van der Waals surface area contributed by atoms with Crippen LogP contribution >= 0.6 is 0 Å². The highest BCUT2D eigenvalue weighted by atomic mass is 16.7. The van der Waals surface area contributed by atoms with Gasteiger partial charge in [-0.05, 0) is 6.07 Å². The van der Waals surface area contributed by atoms with Crippen molar-refractivity contribution < 1.29 is 29.2 Å². The van der Waals surface area contributed by atoms with Gasteiger partial charge in [0.2, 0.25) is 0 Å². The standard InChI is InChI=1S/C20H22O6/c1-23-14-10-6-5-9-13(14)18-16(21)17(22)19-15(25-18)11-24-20(26-19)12-7-3-2-4-8-12/h2-10,15-22H,11H2,1H3/t15-,16-,17-,18+,19-,20?/m1/s1. The number of methoxy groups -OCH3 is 1. The molecule has 2 heterocycles. The molecule has 6 atom stereocenters. The highest BCUT2D eigenvalue weighted by Crippen LogP contribution is 2.41. The van der Waals surface area contributed by atoms with Crippen molar-refractivity contribution in [2.45, 2.75) is 36.8 Å². The van der Waals surface area contributed by atoms with E-state index in [1.807, 2.05) is 48.5 Å². The first kappa shape index (κ1) is 17.5. The van der Waals surface area contributed by atoms with Crippen molar-refractivity contribution >= 4 is 0 Å². The molecular weight excluding hydrogens is 336 g/mol. The fourth-order valence-corrected chi connectivity index (χ4v) is 3.55. The second-order valence-corrected chi connectivity index (χ2v) is 6.49. The number of aliphatic hydroxyl groups excluding tert-OH is 2. The molecule has 0 radical (unpaired) electrons. The number of hydrogen-bond acceptors (Lipinski definition) is 6. The maximum absolute atomic E-state index is 10.7. The Balaban J connectivity index is 1.55. The molecule has 1 unspecified atom stereocenters. The monoisotopic (exact) mass is 358 g/mol. The molecule has 0 aliphatic carbocycles. The van der Waals surface area contributed by atoms with E-state index in [0.29, 0.717) is 11.3 Å². The molecule has 2 aliphatic rings. The van der Waals surface area contributed by atoms with Gasteiger partial charge in [-0.15, -0.1) is 0 Å². The number of fused-ring (bicyclic) bond motifs is 1. The Hall–Kier alpha value is -1.96. The zero-order chi connectivity index (χ0) is 18.1. The predicted molar refractivity (Wildman–Crippen MR) is 92.6 cm³/mol. The largest absolute Gasteiger partial charge is 0.496 e. The summed E-state index contributed by atoms with van der Waals surface area (Å²) in [7, 11) is 1.56. The van der Waals surface area contributed by atoms with Gasteiger partial charge in [0.05, 0.1) is 13.7 Å². The molecule has 0 amide bonds. The van der Waals surface area contributed by atoms with Crippen LogP contribution in [0.25, 0.3) is 0 Å². The first-order valence-corrected chi connectivity index (χ1v) is 8.65. The lowest BCUT2D eigenvalue weighted by atomic mass is 9.90. The number of hydrogen-bond donors (Lipinski definition) is 2. The van der Waals surface area contributed by atoms with Gasteiger partial charge in [-0.25, -0.2) is 0 Å². The van der Waals surface area contributed by atoms with Crippen molar-refractivity contribution in [3.05, 3.63) is 65.7 Å². The minimum atomic E-state index is -1.14. The number of ether oxygens (including phenoxy) is 4. The van der Waals surface area contributed by atoms with Gasteiger partial charge in [0.15, 0.2) is 6.29 Å². The molecule has 6 heteroatoms. The maximum Gasteiger partial charge on any atom is 0.184 e. The Kier molecular flexibility index (Phi) is 4.93. The fourth-order valence-electron chi connectivity index (χ4n) is 3.55. The molecule has 2 aromatic rings. The number of para-hydroxylation sites is 1. The van der Waals surface area contributed by atoms with Crippen LogP contribution in [-0.4, -0.2) is 48.3 Å². The van der Waals surface area contributed by atoms with Gasteiger partial charge in [-0.1, -0.05) is 48.5 Å². The second-order valence-electron chi connectivity index (χ2n) is 6.49. The van der Waals surface area contributed by atoms with Gasteiger partial charge < -0.3 is 29.2 Å². The first-order valence-electron chi connectivity index (χ1n) is 8.65. The Morgan fingerprint density at radius 2 is 1.65 bits per heavy atom. The Bertz CT molecular complexity index is 734. The van der Waals surface area contributed by atoms with Crippen molar-refractivity contribution in [1.29, 1.82) is 0 Å². The summed E-state index contributed by atoms with van der Waals surface area (Å²) in [5, 5.41) is 21.3. The SMILES string of the molecule is COc1ccccc1[C@@H]1O[C@@H]2COC(c3ccccc3)O[C@H]2[C@H](O)[C@H]1O. The Morgan fingerprint density at radius 3 is 2.42 bits per heavy atom. The summed E-state index contributed by atoms with van der Waals surface area (Å²) in [5.74, 6) is 0.599. The van der Waals surface area contributed by atoms with E-state index in [4.69, 9.17) is 18.9 Å². The van der Waals surface area contributed by atoms with Crippen LogP contribution in [0.15, 0.2) is 54.6 Å². The average molecular weight is 358 g/mol. The summed E-state index contributed by atoms with van der Waals surface area (Å²) < 4.78 is 23.1. The molecule has 138 valence electrons. The average Bonchev–Trinajstić information content (AvgIpc) is 2.71.